The van der Waals surface area contributed by atoms with E-state index >= 15 is 0 Å². The fourth-order valence-corrected chi connectivity index (χ4v) is 3.84. The van der Waals surface area contributed by atoms with Crippen LogP contribution in [0.5, 0.6) is 5.75 Å². The SMILES string of the molecule is CCOC(=O)c1nn(-c2cnccn2)c2c1CCc1cc(OC)c(Br)cc1-2. The molecule has 2 heterocycles. The highest BCUT2D eigenvalue weighted by Gasteiger charge is 2.30. The van der Waals surface area contributed by atoms with Crippen molar-refractivity contribution in [2.75, 3.05) is 13.7 Å². The monoisotopic (exact) mass is 428 g/mol. The lowest BCUT2D eigenvalue weighted by Crippen LogP contribution is -2.11. The third-order valence-electron chi connectivity index (χ3n) is 4.50. The molecule has 0 spiro atoms. The van der Waals surface area contributed by atoms with Crippen molar-refractivity contribution in [3.05, 3.63) is 52.0 Å². The highest BCUT2D eigenvalue weighted by atomic mass is 79.9. The van der Waals surface area contributed by atoms with Gasteiger partial charge in [-0.3, -0.25) is 4.98 Å². The van der Waals surface area contributed by atoms with Crippen molar-refractivity contribution in [3.63, 3.8) is 0 Å². The first-order chi connectivity index (χ1) is 13.1. The number of hydrogen-bond donors (Lipinski definition) is 0. The topological polar surface area (TPSA) is 79.1 Å². The Morgan fingerprint density at radius 1 is 1.30 bits per heavy atom. The lowest BCUT2D eigenvalue weighted by Gasteiger charge is -2.20. The molecule has 7 nitrogen and oxygen atoms in total. The quantitative estimate of drug-likeness (QED) is 0.592. The van der Waals surface area contributed by atoms with E-state index < -0.39 is 5.97 Å². The summed E-state index contributed by atoms with van der Waals surface area (Å²) >= 11 is 3.55. The molecular weight excluding hydrogens is 412 g/mol. The highest BCUT2D eigenvalue weighted by Crippen LogP contribution is 2.41. The molecule has 0 saturated heterocycles. The van der Waals surface area contributed by atoms with Crippen LogP contribution >= 0.6 is 15.9 Å². The highest BCUT2D eigenvalue weighted by molar-refractivity contribution is 9.10. The molecule has 2 aromatic heterocycles. The molecule has 1 aliphatic rings. The number of nitrogens with zero attached hydrogens (tertiary/aromatic N) is 4. The normalized spacial score (nSPS) is 12.3. The molecule has 138 valence electrons. The van der Waals surface area contributed by atoms with Crippen LogP contribution in [0.25, 0.3) is 17.1 Å². The smallest absolute Gasteiger partial charge is 0.359 e. The minimum Gasteiger partial charge on any atom is -0.496 e. The van der Waals surface area contributed by atoms with Crippen LogP contribution in [0.1, 0.15) is 28.5 Å². The van der Waals surface area contributed by atoms with Crippen LogP contribution < -0.4 is 4.74 Å². The van der Waals surface area contributed by atoms with Crippen molar-refractivity contribution >= 4 is 21.9 Å². The average Bonchev–Trinajstić information content (AvgIpc) is 3.08. The van der Waals surface area contributed by atoms with Gasteiger partial charge in [-0.15, -0.1) is 0 Å². The fraction of sp³-hybridized carbons (Fsp3) is 0.263. The summed E-state index contributed by atoms with van der Waals surface area (Å²) < 4.78 is 13.1. The van der Waals surface area contributed by atoms with Crippen LogP contribution in [0.3, 0.4) is 0 Å². The van der Waals surface area contributed by atoms with Crippen molar-refractivity contribution in [3.8, 4) is 22.8 Å². The van der Waals surface area contributed by atoms with E-state index in [0.717, 1.165) is 39.0 Å². The summed E-state index contributed by atoms with van der Waals surface area (Å²) in [5.41, 5.74) is 4.14. The van der Waals surface area contributed by atoms with Crippen LogP contribution in [0.15, 0.2) is 35.2 Å². The zero-order valence-electron chi connectivity index (χ0n) is 14.9. The first-order valence-corrected chi connectivity index (χ1v) is 9.35. The van der Waals surface area contributed by atoms with Crippen molar-refractivity contribution in [1.29, 1.82) is 0 Å². The fourth-order valence-electron chi connectivity index (χ4n) is 3.33. The van der Waals surface area contributed by atoms with Gasteiger partial charge < -0.3 is 9.47 Å². The van der Waals surface area contributed by atoms with E-state index in [2.05, 4.69) is 31.0 Å². The van der Waals surface area contributed by atoms with E-state index in [4.69, 9.17) is 9.47 Å². The van der Waals surface area contributed by atoms with E-state index in [-0.39, 0.29) is 0 Å². The molecule has 0 fully saturated rings. The second kappa shape index (κ2) is 7.11. The molecular formula is C19H17BrN4O3. The second-order valence-electron chi connectivity index (χ2n) is 6.02. The lowest BCUT2D eigenvalue weighted by molar-refractivity contribution is 0.0517. The molecule has 1 aromatic carbocycles. The number of halogens is 1. The number of aromatic nitrogens is 4. The summed E-state index contributed by atoms with van der Waals surface area (Å²) in [6, 6.07) is 4.01. The molecule has 4 rings (SSSR count). The molecule has 27 heavy (non-hydrogen) atoms. The Morgan fingerprint density at radius 2 is 2.15 bits per heavy atom. The number of hydrogen-bond acceptors (Lipinski definition) is 6. The maximum Gasteiger partial charge on any atom is 0.359 e. The third-order valence-corrected chi connectivity index (χ3v) is 5.12. The number of methoxy groups -OCH3 is 1. The Labute approximate surface area is 164 Å². The molecule has 0 unspecified atom stereocenters. The van der Waals surface area contributed by atoms with Crippen LogP contribution in [0, 0.1) is 0 Å². The molecule has 0 aliphatic heterocycles. The van der Waals surface area contributed by atoms with Gasteiger partial charge in [-0.25, -0.2) is 14.5 Å². The van der Waals surface area contributed by atoms with Crippen LogP contribution in [0.4, 0.5) is 0 Å². The Hall–Kier alpha value is -2.74. The van der Waals surface area contributed by atoms with Gasteiger partial charge in [0, 0.05) is 23.5 Å². The van der Waals surface area contributed by atoms with E-state index in [1.54, 1.807) is 37.3 Å². The summed E-state index contributed by atoms with van der Waals surface area (Å²) in [5, 5.41) is 4.54. The Kier molecular flexibility index (Phi) is 4.65. The summed E-state index contributed by atoms with van der Waals surface area (Å²) in [5.74, 6) is 0.893. The summed E-state index contributed by atoms with van der Waals surface area (Å²) in [4.78, 5) is 21.0. The largest absolute Gasteiger partial charge is 0.496 e. The lowest BCUT2D eigenvalue weighted by atomic mass is 9.88. The average molecular weight is 429 g/mol. The molecule has 0 saturated carbocycles. The van der Waals surface area contributed by atoms with Crippen molar-refractivity contribution in [2.45, 2.75) is 19.8 Å². The second-order valence-corrected chi connectivity index (χ2v) is 6.87. The summed E-state index contributed by atoms with van der Waals surface area (Å²) in [6.07, 6.45) is 6.28. The van der Waals surface area contributed by atoms with Gasteiger partial charge in [0.25, 0.3) is 0 Å². The van der Waals surface area contributed by atoms with Gasteiger partial charge in [0.15, 0.2) is 11.5 Å². The molecule has 8 heteroatoms. The van der Waals surface area contributed by atoms with Crippen LogP contribution in [0.2, 0.25) is 0 Å². The Balaban J connectivity index is 1.97. The Morgan fingerprint density at radius 3 is 2.85 bits per heavy atom. The molecule has 0 radical (unpaired) electrons. The van der Waals surface area contributed by atoms with Gasteiger partial charge in [-0.2, -0.15) is 5.10 Å². The predicted octanol–water partition coefficient (Wildman–Crippen LogP) is 3.38. The molecule has 0 atom stereocenters. The van der Waals surface area contributed by atoms with Gasteiger partial charge in [0.05, 0.1) is 30.1 Å². The van der Waals surface area contributed by atoms with E-state index in [0.29, 0.717) is 24.5 Å². The first-order valence-electron chi connectivity index (χ1n) is 8.56. The number of rotatable bonds is 4. The summed E-state index contributed by atoms with van der Waals surface area (Å²) in [6.45, 7) is 2.08. The van der Waals surface area contributed by atoms with Gasteiger partial charge >= 0.3 is 5.97 Å². The maximum atomic E-state index is 12.5. The third kappa shape index (κ3) is 2.99. The van der Waals surface area contributed by atoms with Crippen LogP contribution in [-0.2, 0) is 17.6 Å². The molecule has 0 bridgehead atoms. The maximum absolute atomic E-state index is 12.5. The van der Waals surface area contributed by atoms with Gasteiger partial charge in [-0.05, 0) is 53.4 Å². The zero-order chi connectivity index (χ0) is 19.0. The van der Waals surface area contributed by atoms with E-state index in [9.17, 15) is 4.79 Å². The first kappa shape index (κ1) is 17.7. The molecule has 3 aromatic rings. The number of fused-ring (bicyclic) bond motifs is 3. The van der Waals surface area contributed by atoms with Gasteiger partial charge in [0.2, 0.25) is 0 Å². The Bertz CT molecular complexity index is 1020. The van der Waals surface area contributed by atoms with Crippen LogP contribution in [-0.4, -0.2) is 39.4 Å². The van der Waals surface area contributed by atoms with E-state index in [1.165, 1.54) is 0 Å². The van der Waals surface area contributed by atoms with Crippen molar-refractivity contribution in [1.82, 2.24) is 19.7 Å². The van der Waals surface area contributed by atoms with Gasteiger partial charge in [-0.1, -0.05) is 0 Å². The number of aryl methyl sites for hydroxylation is 1. The standard InChI is InChI=1S/C19H17BrN4O3/c1-3-27-19(25)17-12-5-4-11-8-15(26-2)14(20)9-13(11)18(12)24(23-17)16-10-21-6-7-22-16/h6-10H,3-5H2,1-2H3. The molecule has 0 amide bonds. The number of benzene rings is 1. The number of esters is 1. The van der Waals surface area contributed by atoms with Gasteiger partial charge in [0.1, 0.15) is 5.75 Å². The predicted molar refractivity (Wildman–Crippen MR) is 102 cm³/mol. The number of carbonyl (C=O) groups excluding carboxylic acids is 1. The molecule has 0 N–H and O–H groups in total. The summed E-state index contributed by atoms with van der Waals surface area (Å²) in [7, 11) is 1.64. The van der Waals surface area contributed by atoms with Crippen molar-refractivity contribution < 1.29 is 14.3 Å². The number of ether oxygens (including phenoxy) is 2. The van der Waals surface area contributed by atoms with Crippen molar-refractivity contribution in [2.24, 2.45) is 0 Å². The van der Waals surface area contributed by atoms with E-state index in [1.807, 2.05) is 12.1 Å². The zero-order valence-corrected chi connectivity index (χ0v) is 16.5. The minimum atomic E-state index is -0.424. The number of carbonyl (C=O) groups is 1. The molecule has 1 aliphatic carbocycles. The minimum absolute atomic E-state index is 0.297.